The van der Waals surface area contributed by atoms with Gasteiger partial charge in [-0.15, -0.1) is 5.10 Å². The van der Waals surface area contributed by atoms with Crippen LogP contribution in [0.3, 0.4) is 0 Å². The minimum atomic E-state index is 0.311. The summed E-state index contributed by atoms with van der Waals surface area (Å²) in [6.45, 7) is 1.91. The third-order valence-corrected chi connectivity index (χ3v) is 5.51. The van der Waals surface area contributed by atoms with Crippen LogP contribution in [0.4, 0.5) is 0 Å². The van der Waals surface area contributed by atoms with Crippen molar-refractivity contribution in [2.75, 3.05) is 6.79 Å². The van der Waals surface area contributed by atoms with E-state index in [2.05, 4.69) is 26.6 Å². The highest BCUT2D eigenvalue weighted by Gasteiger charge is 2.25. The molecule has 1 aromatic carbocycles. The van der Waals surface area contributed by atoms with Crippen LogP contribution in [0.15, 0.2) is 18.2 Å². The van der Waals surface area contributed by atoms with Gasteiger partial charge < -0.3 is 9.47 Å². The molecule has 1 aromatic heterocycles. The van der Waals surface area contributed by atoms with Crippen LogP contribution in [0.5, 0.6) is 11.5 Å². The van der Waals surface area contributed by atoms with Crippen molar-refractivity contribution in [2.24, 2.45) is 0 Å². The summed E-state index contributed by atoms with van der Waals surface area (Å²) in [6.07, 6.45) is 5.07. The molecule has 0 atom stereocenters. The molecule has 5 nitrogen and oxygen atoms in total. The van der Waals surface area contributed by atoms with Crippen LogP contribution in [0.1, 0.15) is 36.9 Å². The molecule has 2 aromatic rings. The zero-order chi connectivity index (χ0) is 15.6. The quantitative estimate of drug-likeness (QED) is 0.818. The summed E-state index contributed by atoms with van der Waals surface area (Å²) in [5, 5.41) is 4.18. The van der Waals surface area contributed by atoms with E-state index in [0.717, 1.165) is 30.3 Å². The van der Waals surface area contributed by atoms with Crippen LogP contribution in [0.25, 0.3) is 0 Å². The minimum absolute atomic E-state index is 0.311. The first kappa shape index (κ1) is 15.2. The van der Waals surface area contributed by atoms with Crippen LogP contribution in [-0.4, -0.2) is 27.3 Å². The molecule has 0 unspecified atom stereocenters. The van der Waals surface area contributed by atoms with E-state index in [-0.39, 0.29) is 0 Å². The molecule has 0 radical (unpaired) electrons. The summed E-state index contributed by atoms with van der Waals surface area (Å²) in [5.74, 6) is 1.66. The lowest BCUT2D eigenvalue weighted by atomic mass is 10.1. The van der Waals surface area contributed by atoms with Crippen molar-refractivity contribution in [2.45, 2.75) is 44.8 Å². The second kappa shape index (κ2) is 6.63. The molecule has 2 heterocycles. The van der Waals surface area contributed by atoms with Gasteiger partial charge in [-0.05, 0) is 30.5 Å². The Morgan fingerprint density at radius 2 is 2.00 bits per heavy atom. The van der Waals surface area contributed by atoms with Crippen LogP contribution < -0.4 is 9.47 Å². The first-order valence-electron chi connectivity index (χ1n) is 7.89. The molecular formula is C16H18ClN3O2S. The molecule has 1 fully saturated rings. The Bertz CT molecular complexity index is 688. The summed E-state index contributed by atoms with van der Waals surface area (Å²) < 4.78 is 15.5. The van der Waals surface area contributed by atoms with Gasteiger partial charge in [0.05, 0.1) is 0 Å². The fraction of sp³-hybridized carbons (Fsp3) is 0.500. The van der Waals surface area contributed by atoms with Crippen molar-refractivity contribution in [1.82, 2.24) is 14.5 Å². The fourth-order valence-electron chi connectivity index (χ4n) is 3.34. The predicted molar refractivity (Wildman–Crippen MR) is 89.0 cm³/mol. The van der Waals surface area contributed by atoms with E-state index < -0.39 is 0 Å². The number of hydrogen-bond acceptors (Lipinski definition) is 6. The topological polar surface area (TPSA) is 47.5 Å². The zero-order valence-electron chi connectivity index (χ0n) is 12.7. The average Bonchev–Trinajstić information content (AvgIpc) is 3.28. The lowest BCUT2D eigenvalue weighted by molar-refractivity contribution is 0.173. The molecule has 0 saturated heterocycles. The highest BCUT2D eigenvalue weighted by Crippen LogP contribution is 2.34. The maximum Gasteiger partial charge on any atom is 0.231 e. The monoisotopic (exact) mass is 351 g/mol. The second-order valence-corrected chi connectivity index (χ2v) is 7.38. The van der Waals surface area contributed by atoms with Crippen molar-refractivity contribution >= 4 is 23.1 Å². The van der Waals surface area contributed by atoms with E-state index in [0.29, 0.717) is 17.2 Å². The minimum Gasteiger partial charge on any atom is -0.454 e. The standard InChI is InChI=1S/C16H18ClN3O2S/c17-16-13(18-19-23-16)9-20(12-3-1-2-4-12)8-11-5-6-14-15(7-11)22-10-21-14/h5-7,12H,1-4,8-10H2. The molecular weight excluding hydrogens is 334 g/mol. The van der Waals surface area contributed by atoms with Crippen LogP contribution >= 0.6 is 23.1 Å². The van der Waals surface area contributed by atoms with E-state index in [1.165, 1.54) is 42.8 Å². The van der Waals surface area contributed by atoms with Crippen molar-refractivity contribution < 1.29 is 9.47 Å². The maximum atomic E-state index is 6.20. The third-order valence-electron chi connectivity index (χ3n) is 4.53. The summed E-state index contributed by atoms with van der Waals surface area (Å²) in [4.78, 5) is 2.47. The van der Waals surface area contributed by atoms with Gasteiger partial charge in [-0.25, -0.2) is 0 Å². The third kappa shape index (κ3) is 3.29. The summed E-state index contributed by atoms with van der Waals surface area (Å²) in [7, 11) is 0. The second-order valence-electron chi connectivity index (χ2n) is 6.02. The van der Waals surface area contributed by atoms with Gasteiger partial charge in [-0.2, -0.15) is 0 Å². The number of fused-ring (bicyclic) bond motifs is 1. The molecule has 2 aliphatic rings. The van der Waals surface area contributed by atoms with Crippen LogP contribution in [-0.2, 0) is 13.1 Å². The van der Waals surface area contributed by atoms with Gasteiger partial charge in [0.15, 0.2) is 11.5 Å². The van der Waals surface area contributed by atoms with Gasteiger partial charge in [0.1, 0.15) is 10.0 Å². The Labute approximate surface area is 144 Å². The van der Waals surface area contributed by atoms with E-state index in [1.807, 2.05) is 6.07 Å². The molecule has 7 heteroatoms. The maximum absolute atomic E-state index is 6.20. The van der Waals surface area contributed by atoms with Crippen molar-refractivity contribution in [3.05, 3.63) is 33.8 Å². The summed E-state index contributed by atoms with van der Waals surface area (Å²) in [6, 6.07) is 6.75. The first-order valence-corrected chi connectivity index (χ1v) is 9.04. The highest BCUT2D eigenvalue weighted by molar-refractivity contribution is 7.10. The van der Waals surface area contributed by atoms with Gasteiger partial charge in [-0.3, -0.25) is 4.90 Å². The molecule has 0 N–H and O–H groups in total. The largest absolute Gasteiger partial charge is 0.454 e. The number of aromatic nitrogens is 2. The summed E-state index contributed by atoms with van der Waals surface area (Å²) >= 11 is 7.45. The number of nitrogens with zero attached hydrogens (tertiary/aromatic N) is 3. The normalized spacial score (nSPS) is 17.3. The van der Waals surface area contributed by atoms with Gasteiger partial charge >= 0.3 is 0 Å². The molecule has 0 amide bonds. The number of ether oxygens (including phenoxy) is 2. The van der Waals surface area contributed by atoms with Gasteiger partial charge in [0.2, 0.25) is 6.79 Å². The fourth-order valence-corrected chi connectivity index (χ4v) is 3.95. The van der Waals surface area contributed by atoms with Crippen molar-refractivity contribution in [3.63, 3.8) is 0 Å². The molecule has 4 rings (SSSR count). The van der Waals surface area contributed by atoms with E-state index >= 15 is 0 Å². The Kier molecular flexibility index (Phi) is 4.37. The van der Waals surface area contributed by atoms with Gasteiger partial charge in [0.25, 0.3) is 0 Å². The molecule has 0 bridgehead atoms. The van der Waals surface area contributed by atoms with Crippen molar-refractivity contribution in [1.29, 1.82) is 0 Å². The summed E-state index contributed by atoms with van der Waals surface area (Å²) in [5.41, 5.74) is 2.10. The van der Waals surface area contributed by atoms with E-state index in [4.69, 9.17) is 21.1 Å². The molecule has 23 heavy (non-hydrogen) atoms. The number of halogens is 1. The molecule has 122 valence electrons. The lowest BCUT2D eigenvalue weighted by Gasteiger charge is -2.28. The SMILES string of the molecule is Clc1snnc1CN(Cc1ccc2c(c1)OCO2)C1CCCC1. The number of benzene rings is 1. The zero-order valence-corrected chi connectivity index (χ0v) is 14.3. The van der Waals surface area contributed by atoms with E-state index in [1.54, 1.807) is 0 Å². The van der Waals surface area contributed by atoms with Crippen molar-refractivity contribution in [3.8, 4) is 11.5 Å². The average molecular weight is 352 g/mol. The smallest absolute Gasteiger partial charge is 0.231 e. The molecule has 1 saturated carbocycles. The molecule has 1 aliphatic heterocycles. The molecule has 0 spiro atoms. The first-order chi connectivity index (χ1) is 11.3. The number of rotatable bonds is 5. The Hall–Kier alpha value is -1.37. The molecule has 1 aliphatic carbocycles. The van der Waals surface area contributed by atoms with Gasteiger partial charge in [0, 0.05) is 30.7 Å². The highest BCUT2D eigenvalue weighted by atomic mass is 35.5. The Morgan fingerprint density at radius 3 is 2.78 bits per heavy atom. The Morgan fingerprint density at radius 1 is 1.17 bits per heavy atom. The number of hydrogen-bond donors (Lipinski definition) is 0. The Balaban J connectivity index is 1.54. The van der Waals surface area contributed by atoms with Crippen LogP contribution in [0.2, 0.25) is 4.34 Å². The van der Waals surface area contributed by atoms with Crippen LogP contribution in [0, 0.1) is 0 Å². The lowest BCUT2D eigenvalue weighted by Crippen LogP contribution is -2.32. The van der Waals surface area contributed by atoms with Gasteiger partial charge in [-0.1, -0.05) is 35.0 Å². The van der Waals surface area contributed by atoms with E-state index in [9.17, 15) is 0 Å². The predicted octanol–water partition coefficient (Wildman–Crippen LogP) is 3.87.